The smallest absolute Gasteiger partial charge is 0.228 e. The van der Waals surface area contributed by atoms with Crippen LogP contribution in [0.25, 0.3) is 0 Å². The van der Waals surface area contributed by atoms with Gasteiger partial charge in [0.05, 0.1) is 22.0 Å². The molecule has 1 aliphatic heterocycles. The van der Waals surface area contributed by atoms with Crippen molar-refractivity contribution in [2.45, 2.75) is 18.6 Å². The topological polar surface area (TPSA) is 87.2 Å². The van der Waals surface area contributed by atoms with E-state index in [4.69, 9.17) is 17.3 Å². The van der Waals surface area contributed by atoms with Crippen molar-refractivity contribution in [3.8, 4) is 6.07 Å². The van der Waals surface area contributed by atoms with Crippen molar-refractivity contribution >= 4 is 45.8 Å². The normalized spacial score (nSPS) is 18.1. The first-order valence-corrected chi connectivity index (χ1v) is 7.15. The Hall–Kier alpha value is -1.71. The molecule has 104 valence electrons. The molecule has 0 bridgehead atoms. The van der Waals surface area contributed by atoms with E-state index in [1.165, 1.54) is 17.9 Å². The number of nitrogens with zero attached hydrogens (tertiary/aromatic N) is 2. The molecule has 1 aromatic rings. The fraction of sp³-hybridized carbons (Fsp3) is 0.308. The maximum atomic E-state index is 12.1. The summed E-state index contributed by atoms with van der Waals surface area (Å²) in [7, 11) is 0. The van der Waals surface area contributed by atoms with E-state index in [1.54, 1.807) is 6.07 Å². The van der Waals surface area contributed by atoms with E-state index in [1.807, 2.05) is 6.07 Å². The van der Waals surface area contributed by atoms with Crippen LogP contribution in [0.15, 0.2) is 12.1 Å². The summed E-state index contributed by atoms with van der Waals surface area (Å²) < 4.78 is 0. The highest BCUT2D eigenvalue weighted by molar-refractivity contribution is 8.14. The summed E-state index contributed by atoms with van der Waals surface area (Å²) in [5, 5.41) is 9.29. The molecular weight excluding hydrogens is 298 g/mol. The lowest BCUT2D eigenvalue weighted by Crippen LogP contribution is -2.27. The summed E-state index contributed by atoms with van der Waals surface area (Å²) in [6.07, 6.45) is 0.251. The van der Waals surface area contributed by atoms with Crippen molar-refractivity contribution in [3.63, 3.8) is 0 Å². The molecule has 7 heteroatoms. The van der Waals surface area contributed by atoms with Gasteiger partial charge in [0.2, 0.25) is 5.91 Å². The molecule has 1 heterocycles. The number of rotatable bonds is 2. The fourth-order valence-corrected chi connectivity index (χ4v) is 3.30. The molecule has 5 nitrogen and oxygen atoms in total. The van der Waals surface area contributed by atoms with Crippen LogP contribution in [-0.2, 0) is 9.59 Å². The number of hydrogen-bond acceptors (Lipinski definition) is 5. The van der Waals surface area contributed by atoms with Gasteiger partial charge >= 0.3 is 0 Å². The van der Waals surface area contributed by atoms with Gasteiger partial charge in [0.1, 0.15) is 6.07 Å². The van der Waals surface area contributed by atoms with E-state index in [-0.39, 0.29) is 33.3 Å². The highest BCUT2D eigenvalue weighted by Crippen LogP contribution is 2.37. The number of anilines is 2. The van der Waals surface area contributed by atoms with Gasteiger partial charge in [0.15, 0.2) is 5.12 Å². The first-order chi connectivity index (χ1) is 9.43. The van der Waals surface area contributed by atoms with Crippen molar-refractivity contribution in [2.75, 3.05) is 17.2 Å². The Kier molecular flexibility index (Phi) is 4.21. The summed E-state index contributed by atoms with van der Waals surface area (Å²) >= 11 is 7.10. The summed E-state index contributed by atoms with van der Waals surface area (Å²) in [6.45, 7) is 1.81. The van der Waals surface area contributed by atoms with E-state index in [0.717, 1.165) is 11.8 Å². The molecule has 1 amide bonds. The third-order valence-electron chi connectivity index (χ3n) is 2.96. The molecule has 1 unspecified atom stereocenters. The Labute approximate surface area is 125 Å². The van der Waals surface area contributed by atoms with Gasteiger partial charge in [-0.3, -0.25) is 9.59 Å². The highest BCUT2D eigenvalue weighted by Gasteiger charge is 2.34. The third-order valence-corrected chi connectivity index (χ3v) is 4.26. The van der Waals surface area contributed by atoms with Crippen LogP contribution in [0.4, 0.5) is 11.4 Å². The van der Waals surface area contributed by atoms with Crippen molar-refractivity contribution in [1.29, 1.82) is 5.26 Å². The fourth-order valence-electron chi connectivity index (χ4n) is 2.18. The van der Waals surface area contributed by atoms with Crippen LogP contribution in [0.2, 0.25) is 5.02 Å². The van der Waals surface area contributed by atoms with Gasteiger partial charge in [0, 0.05) is 25.1 Å². The average Bonchev–Trinajstić information content (AvgIpc) is 2.71. The molecule has 0 saturated carbocycles. The van der Waals surface area contributed by atoms with Crippen LogP contribution in [0.3, 0.4) is 0 Å². The number of carbonyl (C=O) groups is 2. The van der Waals surface area contributed by atoms with Gasteiger partial charge in [-0.05, 0) is 12.1 Å². The Morgan fingerprint density at radius 3 is 2.90 bits per heavy atom. The number of benzene rings is 1. The first-order valence-electron chi connectivity index (χ1n) is 5.89. The maximum absolute atomic E-state index is 12.1. The van der Waals surface area contributed by atoms with Gasteiger partial charge in [-0.15, -0.1) is 0 Å². The number of nitriles is 1. The number of amides is 1. The zero-order valence-corrected chi connectivity index (χ0v) is 12.3. The van der Waals surface area contributed by atoms with Crippen LogP contribution >= 0.6 is 23.4 Å². The Bertz CT molecular complexity index is 627. The van der Waals surface area contributed by atoms with E-state index in [0.29, 0.717) is 17.9 Å². The predicted molar refractivity (Wildman–Crippen MR) is 79.6 cm³/mol. The summed E-state index contributed by atoms with van der Waals surface area (Å²) in [5.74, 6) is -0.158. The van der Waals surface area contributed by atoms with Gasteiger partial charge in [-0.1, -0.05) is 23.4 Å². The summed E-state index contributed by atoms with van der Waals surface area (Å²) in [4.78, 5) is 24.7. The molecule has 0 aliphatic carbocycles. The second kappa shape index (κ2) is 5.73. The molecular formula is C13H12ClN3O2S. The van der Waals surface area contributed by atoms with Crippen molar-refractivity contribution in [2.24, 2.45) is 0 Å². The monoisotopic (exact) mass is 309 g/mol. The number of nitrogen functional groups attached to an aromatic ring is 1. The largest absolute Gasteiger partial charge is 0.397 e. The molecule has 1 aromatic carbocycles. The summed E-state index contributed by atoms with van der Waals surface area (Å²) in [5.41, 5.74) is 6.74. The molecule has 0 spiro atoms. The van der Waals surface area contributed by atoms with Crippen molar-refractivity contribution in [3.05, 3.63) is 22.7 Å². The lowest BCUT2D eigenvalue weighted by atomic mass is 10.1. The minimum Gasteiger partial charge on any atom is -0.397 e. The molecule has 2 N–H and O–H groups in total. The molecule has 0 radical (unpaired) electrons. The van der Waals surface area contributed by atoms with E-state index in [2.05, 4.69) is 0 Å². The molecule has 20 heavy (non-hydrogen) atoms. The maximum Gasteiger partial charge on any atom is 0.228 e. The van der Waals surface area contributed by atoms with Crippen LogP contribution in [-0.4, -0.2) is 22.8 Å². The van der Waals surface area contributed by atoms with Crippen LogP contribution in [0.1, 0.15) is 18.9 Å². The lowest BCUT2D eigenvalue weighted by molar-refractivity contribution is -0.117. The van der Waals surface area contributed by atoms with Crippen LogP contribution in [0, 0.1) is 11.3 Å². The minimum atomic E-state index is -0.158. The Morgan fingerprint density at radius 2 is 2.30 bits per heavy atom. The predicted octanol–water partition coefficient (Wildman–Crippen LogP) is 2.18. The SMILES string of the molecule is CC(=O)SC1CC(=O)N(c2c(N)ccc(Cl)c2C#N)C1. The molecule has 0 aromatic heterocycles. The Morgan fingerprint density at radius 1 is 1.60 bits per heavy atom. The zero-order valence-electron chi connectivity index (χ0n) is 10.7. The van der Waals surface area contributed by atoms with Crippen LogP contribution < -0.4 is 10.6 Å². The zero-order chi connectivity index (χ0) is 14.9. The second-order valence-electron chi connectivity index (χ2n) is 4.41. The van der Waals surface area contributed by atoms with E-state index in [9.17, 15) is 14.9 Å². The standard InChI is InChI=1S/C13H12ClN3O2S/c1-7(18)20-8-4-12(19)17(6-8)13-9(5-15)10(14)2-3-11(13)16/h2-3,8H,4,6,16H2,1H3. The highest BCUT2D eigenvalue weighted by atomic mass is 35.5. The van der Waals surface area contributed by atoms with Gasteiger partial charge in [-0.25, -0.2) is 0 Å². The average molecular weight is 310 g/mol. The molecule has 1 aliphatic rings. The Balaban J connectivity index is 2.38. The first kappa shape index (κ1) is 14.7. The van der Waals surface area contributed by atoms with E-state index >= 15 is 0 Å². The van der Waals surface area contributed by atoms with E-state index < -0.39 is 0 Å². The quantitative estimate of drug-likeness (QED) is 0.846. The number of halogens is 1. The minimum absolute atomic E-state index is 0.0378. The third kappa shape index (κ3) is 2.74. The molecule has 1 atom stereocenters. The van der Waals surface area contributed by atoms with Crippen molar-refractivity contribution in [1.82, 2.24) is 0 Å². The van der Waals surface area contributed by atoms with Gasteiger partial charge < -0.3 is 10.6 Å². The number of hydrogen-bond donors (Lipinski definition) is 1. The number of nitrogens with two attached hydrogens (primary N) is 1. The van der Waals surface area contributed by atoms with Crippen LogP contribution in [0.5, 0.6) is 0 Å². The second-order valence-corrected chi connectivity index (χ2v) is 6.30. The lowest BCUT2D eigenvalue weighted by Gasteiger charge is -2.20. The van der Waals surface area contributed by atoms with Gasteiger partial charge in [0.25, 0.3) is 0 Å². The molecule has 1 saturated heterocycles. The number of thioether (sulfide) groups is 1. The number of carbonyl (C=O) groups excluding carboxylic acids is 2. The van der Waals surface area contributed by atoms with Gasteiger partial charge in [-0.2, -0.15) is 5.26 Å². The molecule has 1 fully saturated rings. The summed E-state index contributed by atoms with van der Waals surface area (Å²) in [6, 6.07) is 5.07. The van der Waals surface area contributed by atoms with Crippen molar-refractivity contribution < 1.29 is 9.59 Å². The molecule has 2 rings (SSSR count).